The Morgan fingerprint density at radius 3 is 2.81 bits per heavy atom. The van der Waals surface area contributed by atoms with Crippen LogP contribution in [-0.2, 0) is 6.98 Å². The summed E-state index contributed by atoms with van der Waals surface area (Å²) in [6, 6.07) is 4.96. The summed E-state index contributed by atoms with van der Waals surface area (Å²) in [7, 11) is -3.06. The molecule has 1 aromatic carbocycles. The molecule has 0 atom stereocenters. The van der Waals surface area contributed by atoms with E-state index in [0.29, 0.717) is 4.57 Å². The fourth-order valence-electron chi connectivity index (χ4n) is 3.65. The van der Waals surface area contributed by atoms with E-state index in [1.807, 2.05) is 0 Å². The zero-order valence-corrected chi connectivity index (χ0v) is 18.1. The van der Waals surface area contributed by atoms with Crippen LogP contribution in [0.25, 0.3) is 33.4 Å². The lowest BCUT2D eigenvalue weighted by atomic mass is 9.98. The smallest absolute Gasteiger partial charge is 0.322 e. The molecule has 36 heavy (non-hydrogen) atoms. The maximum Gasteiger partial charge on any atom is 0.322 e. The first-order valence-corrected chi connectivity index (χ1v) is 10.1. The van der Waals surface area contributed by atoms with E-state index in [4.69, 9.17) is 32.3 Å². The third-order valence-corrected chi connectivity index (χ3v) is 5.18. The molecule has 0 saturated carbocycles. The molecule has 0 amide bonds. The van der Waals surface area contributed by atoms with Gasteiger partial charge in [0.05, 0.1) is 28.1 Å². The number of aromatic nitrogens is 6. The number of methoxy groups -OCH3 is 1. The van der Waals surface area contributed by atoms with Crippen molar-refractivity contribution in [3.8, 4) is 52.2 Å². The van der Waals surface area contributed by atoms with Crippen LogP contribution in [0.2, 0.25) is 0 Å². The highest BCUT2D eigenvalue weighted by molar-refractivity contribution is 6.05. The fourth-order valence-corrected chi connectivity index (χ4v) is 3.65. The zero-order valence-electron chi connectivity index (χ0n) is 30.1. The summed E-state index contributed by atoms with van der Waals surface area (Å²) in [6.07, 6.45) is 8.47. The first-order valence-electron chi connectivity index (χ1n) is 16.1. The van der Waals surface area contributed by atoms with Gasteiger partial charge < -0.3 is 14.0 Å². The summed E-state index contributed by atoms with van der Waals surface area (Å²) < 4.78 is 122. The van der Waals surface area contributed by atoms with Gasteiger partial charge in [0.25, 0.3) is 0 Å². The summed E-state index contributed by atoms with van der Waals surface area (Å²) in [5, 5.41) is -0.314. The number of nitrogens with zero attached hydrogens (tertiary/aromatic N) is 6. The molecule has 4 aromatic heterocycles. The number of pyridine rings is 1. The third-order valence-electron chi connectivity index (χ3n) is 5.18. The van der Waals surface area contributed by atoms with Crippen LogP contribution in [0.4, 0.5) is 4.39 Å². The van der Waals surface area contributed by atoms with Crippen molar-refractivity contribution in [3.05, 3.63) is 72.0 Å². The van der Waals surface area contributed by atoms with E-state index in [9.17, 15) is 0 Å². The SMILES string of the molecule is [2H]C([2H])([2H])Oc1cc(C#C)ncc1-c1c(-c2ccc(Oc3nccc(C([2H])([2H])[2H])n3)c(F)c2)c2c(C([2H])([2H])[2H])ncnc2n1C([2H])([2H])[2H]. The van der Waals surface area contributed by atoms with Crippen LogP contribution in [0.5, 0.6) is 17.5 Å². The number of aryl methyl sites for hydroxylation is 3. The molecule has 0 spiro atoms. The van der Waals surface area contributed by atoms with Gasteiger partial charge in [-0.3, -0.25) is 0 Å². The third kappa shape index (κ3) is 3.88. The Morgan fingerprint density at radius 1 is 1.08 bits per heavy atom. The quantitative estimate of drug-likeness (QED) is 0.318. The van der Waals surface area contributed by atoms with Gasteiger partial charge in [0.1, 0.15) is 23.4 Å². The molecule has 178 valence electrons. The number of hydrogen-bond donors (Lipinski definition) is 0. The van der Waals surface area contributed by atoms with E-state index >= 15 is 4.39 Å². The zero-order chi connectivity index (χ0) is 35.4. The number of halogens is 1. The number of terminal acetylenes is 1. The Bertz CT molecular complexity index is 2080. The Morgan fingerprint density at radius 2 is 2.03 bits per heavy atom. The van der Waals surface area contributed by atoms with Gasteiger partial charge in [0.15, 0.2) is 11.6 Å². The van der Waals surface area contributed by atoms with Crippen molar-refractivity contribution in [3.63, 3.8) is 0 Å². The number of fused-ring (bicyclic) bond motifs is 1. The van der Waals surface area contributed by atoms with Crippen molar-refractivity contribution in [1.29, 1.82) is 0 Å². The molecule has 0 fully saturated rings. The van der Waals surface area contributed by atoms with Crippen LogP contribution >= 0.6 is 0 Å². The molecule has 0 saturated heterocycles. The molecule has 0 aliphatic heterocycles. The minimum Gasteiger partial charge on any atom is -0.496 e. The molecular formula is C27H21FN6O2. The maximum absolute atomic E-state index is 15.8. The molecule has 0 radical (unpaired) electrons. The van der Waals surface area contributed by atoms with Crippen LogP contribution < -0.4 is 9.47 Å². The van der Waals surface area contributed by atoms with Crippen LogP contribution in [0.3, 0.4) is 0 Å². The summed E-state index contributed by atoms with van der Waals surface area (Å²) in [6.45, 7) is -8.64. The molecular weight excluding hydrogens is 459 g/mol. The van der Waals surface area contributed by atoms with E-state index in [-0.39, 0.29) is 39.2 Å². The van der Waals surface area contributed by atoms with Gasteiger partial charge in [-0.2, -0.15) is 0 Å². The Labute approximate surface area is 223 Å². The van der Waals surface area contributed by atoms with Gasteiger partial charge in [-0.15, -0.1) is 6.42 Å². The van der Waals surface area contributed by atoms with Crippen molar-refractivity contribution in [2.24, 2.45) is 6.98 Å². The predicted molar refractivity (Wildman–Crippen MR) is 133 cm³/mol. The summed E-state index contributed by atoms with van der Waals surface area (Å²) in [5.41, 5.74) is -2.41. The minimum absolute atomic E-state index is 0.0728. The van der Waals surface area contributed by atoms with E-state index < -0.39 is 62.4 Å². The molecule has 0 bridgehead atoms. The van der Waals surface area contributed by atoms with Gasteiger partial charge in [0.2, 0.25) is 0 Å². The minimum atomic E-state index is -3.10. The van der Waals surface area contributed by atoms with Crippen molar-refractivity contribution >= 4 is 11.0 Å². The van der Waals surface area contributed by atoms with Crippen molar-refractivity contribution in [2.45, 2.75) is 13.7 Å². The summed E-state index contributed by atoms with van der Waals surface area (Å²) >= 11 is 0. The second kappa shape index (κ2) is 9.07. The Balaban J connectivity index is 1.84. The highest BCUT2D eigenvalue weighted by Crippen LogP contribution is 2.44. The molecule has 0 unspecified atom stereocenters. The molecule has 4 heterocycles. The Kier molecular flexibility index (Phi) is 3.21. The maximum atomic E-state index is 15.8. The van der Waals surface area contributed by atoms with Crippen molar-refractivity contribution in [2.75, 3.05) is 7.04 Å². The second-order valence-corrected chi connectivity index (χ2v) is 7.26. The lowest BCUT2D eigenvalue weighted by molar-refractivity contribution is 0.410. The van der Waals surface area contributed by atoms with Gasteiger partial charge in [-0.25, -0.2) is 29.3 Å². The predicted octanol–water partition coefficient (Wildman–Crippen LogP) is 5.03. The van der Waals surface area contributed by atoms with Crippen LogP contribution in [0.15, 0.2) is 49.1 Å². The molecule has 5 rings (SSSR count). The van der Waals surface area contributed by atoms with Crippen LogP contribution in [0, 0.1) is 31.9 Å². The number of ether oxygens (including phenoxy) is 2. The molecule has 9 heteroatoms. The van der Waals surface area contributed by atoms with Gasteiger partial charge >= 0.3 is 6.01 Å². The van der Waals surface area contributed by atoms with Crippen molar-refractivity contribution < 1.29 is 30.3 Å². The first-order chi connectivity index (χ1) is 22.2. The van der Waals surface area contributed by atoms with Crippen LogP contribution in [-0.4, -0.2) is 36.5 Å². The normalized spacial score (nSPS) is 17.2. The van der Waals surface area contributed by atoms with E-state index in [1.54, 1.807) is 0 Å². The average molecular weight is 493 g/mol. The lowest BCUT2D eigenvalue weighted by Crippen LogP contribution is -1.99. The van der Waals surface area contributed by atoms with Gasteiger partial charge in [-0.05, 0) is 37.5 Å². The summed E-state index contributed by atoms with van der Waals surface area (Å²) in [4.78, 5) is 19.7. The molecule has 0 aliphatic carbocycles. The second-order valence-electron chi connectivity index (χ2n) is 7.26. The number of hydrogen-bond acceptors (Lipinski definition) is 7. The molecule has 8 nitrogen and oxygen atoms in total. The topological polar surface area (TPSA) is 87.8 Å². The highest BCUT2D eigenvalue weighted by atomic mass is 19.1. The monoisotopic (exact) mass is 492 g/mol. The van der Waals surface area contributed by atoms with Gasteiger partial charge in [-0.1, -0.05) is 12.0 Å². The first kappa shape index (κ1) is 12.7. The fraction of sp³-hybridized carbons (Fsp3) is 0.148. The van der Waals surface area contributed by atoms with E-state index in [1.165, 1.54) is 6.07 Å². The Hall–Kier alpha value is -4.84. The number of rotatable bonds is 5. The average Bonchev–Trinajstić information content (AvgIpc) is 3.32. The van der Waals surface area contributed by atoms with Crippen LogP contribution in [0.1, 0.15) is 33.5 Å². The molecule has 0 aliphatic rings. The number of benzene rings is 1. The highest BCUT2D eigenvalue weighted by Gasteiger charge is 2.25. The van der Waals surface area contributed by atoms with E-state index in [0.717, 1.165) is 43.0 Å². The van der Waals surface area contributed by atoms with Crippen molar-refractivity contribution in [1.82, 2.24) is 29.5 Å². The largest absolute Gasteiger partial charge is 0.496 e. The molecule has 0 N–H and O–H groups in total. The lowest BCUT2D eigenvalue weighted by Gasteiger charge is -2.13. The van der Waals surface area contributed by atoms with Gasteiger partial charge in [0, 0.05) is 54.4 Å². The standard InChI is InChI=1S/C27H21FN6O2/c1-6-18-12-22(35-5)19(13-30-18)25-24(23-16(3)31-14-32-26(23)34(25)4)17-7-8-21(20(28)11-17)36-27-29-10-9-15(2)33-27/h1,7-14H,2-5H3/i2D3,3D3,4D3,5D3. The molecule has 5 aromatic rings. The summed E-state index contributed by atoms with van der Waals surface area (Å²) in [5.74, 6) is 0.236. The van der Waals surface area contributed by atoms with E-state index in [2.05, 4.69) is 30.8 Å².